The average molecular weight is 442 g/mol. The monoisotopic (exact) mass is 441 g/mol. The van der Waals surface area contributed by atoms with Gasteiger partial charge in [-0.15, -0.1) is 12.4 Å². The normalized spacial score (nSPS) is 18.2. The number of rotatable bonds is 5. The molecule has 162 valence electrons. The number of halogens is 1. The Bertz CT molecular complexity index is 671. The van der Waals surface area contributed by atoms with Crippen molar-refractivity contribution >= 4 is 41.6 Å². The summed E-state index contributed by atoms with van der Waals surface area (Å²) in [5.74, 6) is 1.10. The fraction of sp³-hybridized carbons (Fsp3) is 0.684. The van der Waals surface area contributed by atoms with Gasteiger partial charge in [-0.2, -0.15) is 0 Å². The number of nitrogens with zero attached hydrogens (tertiary/aromatic N) is 4. The molecule has 3 rings (SSSR count). The molecule has 1 aromatic rings. The zero-order valence-electron chi connectivity index (χ0n) is 17.2. The molecule has 0 unspecified atom stereocenters. The lowest BCUT2D eigenvalue weighted by Gasteiger charge is -2.25. The Kier molecular flexibility index (Phi) is 9.99. The SMILES string of the molecule is Cc1cc(C)nc(NC(=NCCN2CCOCC2)NC(=S)NC2CCCC2)n1.Cl. The number of hydrogen-bond acceptors (Lipinski definition) is 6. The van der Waals surface area contributed by atoms with Crippen molar-refractivity contribution in [2.45, 2.75) is 45.6 Å². The van der Waals surface area contributed by atoms with Gasteiger partial charge in [-0.1, -0.05) is 12.8 Å². The molecule has 0 atom stereocenters. The van der Waals surface area contributed by atoms with E-state index in [0.717, 1.165) is 44.2 Å². The summed E-state index contributed by atoms with van der Waals surface area (Å²) in [5.41, 5.74) is 1.82. The fourth-order valence-corrected chi connectivity index (χ4v) is 3.79. The maximum atomic E-state index is 5.50. The number of thiocarbonyl (C=S) groups is 1. The minimum absolute atomic E-state index is 0. The van der Waals surface area contributed by atoms with Crippen LogP contribution in [-0.4, -0.2) is 71.4 Å². The Morgan fingerprint density at radius 1 is 1.21 bits per heavy atom. The van der Waals surface area contributed by atoms with Crippen LogP contribution in [0.2, 0.25) is 0 Å². The van der Waals surface area contributed by atoms with Crippen LogP contribution in [0.1, 0.15) is 37.1 Å². The summed E-state index contributed by atoms with van der Waals surface area (Å²) < 4.78 is 5.40. The van der Waals surface area contributed by atoms with E-state index in [2.05, 4.69) is 30.8 Å². The van der Waals surface area contributed by atoms with E-state index >= 15 is 0 Å². The fourth-order valence-electron chi connectivity index (χ4n) is 3.53. The van der Waals surface area contributed by atoms with Crippen LogP contribution in [0, 0.1) is 13.8 Å². The second kappa shape index (κ2) is 12.2. The molecule has 10 heteroatoms. The van der Waals surface area contributed by atoms with Crippen LogP contribution >= 0.6 is 24.6 Å². The van der Waals surface area contributed by atoms with Gasteiger partial charge in [0.05, 0.1) is 19.8 Å². The smallest absolute Gasteiger partial charge is 0.229 e. The molecule has 0 amide bonds. The molecule has 3 N–H and O–H groups in total. The quantitative estimate of drug-likeness (QED) is 0.363. The Morgan fingerprint density at radius 2 is 1.86 bits per heavy atom. The second-order valence-corrected chi connectivity index (χ2v) is 7.77. The van der Waals surface area contributed by atoms with E-state index in [-0.39, 0.29) is 12.4 Å². The van der Waals surface area contributed by atoms with Crippen molar-refractivity contribution < 1.29 is 4.74 Å². The van der Waals surface area contributed by atoms with Crippen molar-refractivity contribution in [3.63, 3.8) is 0 Å². The van der Waals surface area contributed by atoms with Gasteiger partial charge >= 0.3 is 0 Å². The molecule has 8 nitrogen and oxygen atoms in total. The lowest BCUT2D eigenvalue weighted by Crippen LogP contribution is -2.46. The third-order valence-electron chi connectivity index (χ3n) is 4.92. The maximum Gasteiger partial charge on any atom is 0.229 e. The van der Waals surface area contributed by atoms with E-state index in [9.17, 15) is 0 Å². The third kappa shape index (κ3) is 8.38. The molecule has 1 aliphatic carbocycles. The number of hydrogen-bond donors (Lipinski definition) is 3. The first-order valence-electron chi connectivity index (χ1n) is 10.1. The summed E-state index contributed by atoms with van der Waals surface area (Å²) >= 11 is 5.50. The molecule has 29 heavy (non-hydrogen) atoms. The predicted octanol–water partition coefficient (Wildman–Crippen LogP) is 2.02. The molecule has 2 fully saturated rings. The lowest BCUT2D eigenvalue weighted by molar-refractivity contribution is 0.0394. The van der Waals surface area contributed by atoms with Crippen LogP contribution in [-0.2, 0) is 4.74 Å². The van der Waals surface area contributed by atoms with Gasteiger partial charge in [-0.25, -0.2) is 9.97 Å². The minimum Gasteiger partial charge on any atom is -0.379 e. The first-order chi connectivity index (χ1) is 13.6. The van der Waals surface area contributed by atoms with Crippen molar-refractivity contribution in [1.82, 2.24) is 25.5 Å². The number of nitrogens with one attached hydrogen (secondary N) is 3. The molecular weight excluding hydrogens is 410 g/mol. The predicted molar refractivity (Wildman–Crippen MR) is 123 cm³/mol. The Morgan fingerprint density at radius 3 is 2.52 bits per heavy atom. The van der Waals surface area contributed by atoms with Gasteiger partial charge in [-0.05, 0) is 45.0 Å². The van der Waals surface area contributed by atoms with Crippen LogP contribution < -0.4 is 16.0 Å². The van der Waals surface area contributed by atoms with Gasteiger partial charge in [0.25, 0.3) is 0 Å². The lowest BCUT2D eigenvalue weighted by atomic mass is 10.3. The summed E-state index contributed by atoms with van der Waals surface area (Å²) in [6, 6.07) is 2.40. The van der Waals surface area contributed by atoms with Crippen LogP contribution in [0.25, 0.3) is 0 Å². The number of aryl methyl sites for hydroxylation is 2. The summed E-state index contributed by atoms with van der Waals surface area (Å²) in [4.78, 5) is 15.9. The minimum atomic E-state index is 0. The highest BCUT2D eigenvalue weighted by Crippen LogP contribution is 2.17. The molecule has 0 radical (unpaired) electrons. The van der Waals surface area contributed by atoms with Crippen molar-refractivity contribution in [3.05, 3.63) is 17.5 Å². The molecule has 1 aromatic heterocycles. The zero-order valence-corrected chi connectivity index (χ0v) is 18.9. The molecule has 2 aliphatic rings. The highest BCUT2D eigenvalue weighted by Gasteiger charge is 2.16. The largest absolute Gasteiger partial charge is 0.379 e. The Labute approximate surface area is 184 Å². The molecule has 0 spiro atoms. The molecule has 1 saturated carbocycles. The molecular formula is C19H32ClN7OS. The van der Waals surface area contributed by atoms with E-state index in [4.69, 9.17) is 21.9 Å². The van der Waals surface area contributed by atoms with E-state index in [1.165, 1.54) is 25.7 Å². The van der Waals surface area contributed by atoms with E-state index < -0.39 is 0 Å². The molecule has 0 aromatic carbocycles. The van der Waals surface area contributed by atoms with Crippen LogP contribution in [0.5, 0.6) is 0 Å². The molecule has 2 heterocycles. The van der Waals surface area contributed by atoms with Gasteiger partial charge in [0, 0.05) is 37.1 Å². The number of guanidine groups is 1. The number of ether oxygens (including phenoxy) is 1. The highest BCUT2D eigenvalue weighted by atomic mass is 35.5. The van der Waals surface area contributed by atoms with Crippen molar-refractivity contribution in [2.24, 2.45) is 4.99 Å². The van der Waals surface area contributed by atoms with Gasteiger partial charge in [-0.3, -0.25) is 15.2 Å². The Balaban J connectivity index is 0.00000300. The Hall–Kier alpha value is -1.55. The van der Waals surface area contributed by atoms with Gasteiger partial charge < -0.3 is 15.4 Å². The van der Waals surface area contributed by atoms with Crippen molar-refractivity contribution in [2.75, 3.05) is 44.7 Å². The topological polar surface area (TPSA) is 86.7 Å². The number of aliphatic imine (C=N–C) groups is 1. The van der Waals surface area contributed by atoms with Crippen molar-refractivity contribution in [1.29, 1.82) is 0 Å². The number of morpholine rings is 1. The molecule has 1 saturated heterocycles. The standard InChI is InChI=1S/C19H31N7OS.ClH/c1-14-13-15(2)22-18(21-14)24-17(20-7-8-26-9-11-27-12-10-26)25-19(28)23-16-5-3-4-6-16;/h13,16H,3-12H2,1-2H3,(H3,20,21,22,23,24,25,28);1H. The summed E-state index contributed by atoms with van der Waals surface area (Å²) in [6.07, 6.45) is 4.85. The van der Waals surface area contributed by atoms with Crippen molar-refractivity contribution in [3.8, 4) is 0 Å². The third-order valence-corrected chi connectivity index (χ3v) is 5.14. The van der Waals surface area contributed by atoms with Crippen LogP contribution in [0.3, 0.4) is 0 Å². The van der Waals surface area contributed by atoms with E-state index in [1.54, 1.807) is 0 Å². The zero-order chi connectivity index (χ0) is 19.8. The second-order valence-electron chi connectivity index (χ2n) is 7.36. The number of anilines is 1. The summed E-state index contributed by atoms with van der Waals surface area (Å²) in [6.45, 7) is 8.93. The maximum absolute atomic E-state index is 5.50. The number of aromatic nitrogens is 2. The van der Waals surface area contributed by atoms with E-state index in [0.29, 0.717) is 29.6 Å². The van der Waals surface area contributed by atoms with Gasteiger partial charge in [0.1, 0.15) is 0 Å². The first kappa shape index (κ1) is 23.7. The van der Waals surface area contributed by atoms with E-state index in [1.807, 2.05) is 19.9 Å². The van der Waals surface area contributed by atoms with Gasteiger partial charge in [0.15, 0.2) is 5.11 Å². The molecule has 1 aliphatic heterocycles. The van der Waals surface area contributed by atoms with Crippen LogP contribution in [0.4, 0.5) is 5.95 Å². The van der Waals surface area contributed by atoms with Crippen LogP contribution in [0.15, 0.2) is 11.1 Å². The van der Waals surface area contributed by atoms with Gasteiger partial charge in [0.2, 0.25) is 11.9 Å². The molecule has 0 bridgehead atoms. The summed E-state index contributed by atoms with van der Waals surface area (Å²) in [7, 11) is 0. The summed E-state index contributed by atoms with van der Waals surface area (Å²) in [5, 5.41) is 10.4. The average Bonchev–Trinajstić information content (AvgIpc) is 3.14. The first-order valence-corrected chi connectivity index (χ1v) is 10.5. The highest BCUT2D eigenvalue weighted by molar-refractivity contribution is 7.80.